The minimum atomic E-state index is -0.903. The van der Waals surface area contributed by atoms with Crippen LogP contribution in [0, 0.1) is 22.7 Å². The molecule has 2 aliphatic carbocycles. The molecule has 3 fully saturated rings. The molecule has 1 aromatic carbocycles. The van der Waals surface area contributed by atoms with Crippen molar-refractivity contribution in [3.05, 3.63) is 23.8 Å². The number of β-amino-alcohol motifs (C(OH)–C–C–N with tert-alkyl or cyclic N) is 1. The monoisotopic (exact) mass is 586 g/mol. The van der Waals surface area contributed by atoms with E-state index in [0.717, 1.165) is 51.4 Å². The molecular weight excluding hydrogens is 536 g/mol. The Bertz CT molecular complexity index is 1140. The highest BCUT2D eigenvalue weighted by Gasteiger charge is 2.49. The van der Waals surface area contributed by atoms with Crippen molar-refractivity contribution < 1.29 is 34.4 Å². The van der Waals surface area contributed by atoms with Crippen LogP contribution in [0.5, 0.6) is 11.5 Å². The third kappa shape index (κ3) is 7.04. The zero-order valence-electron chi connectivity index (χ0n) is 25.9. The number of aliphatic hydroxyl groups excluding tert-OH is 1. The summed E-state index contributed by atoms with van der Waals surface area (Å²) in [6.45, 7) is 11.1. The van der Waals surface area contributed by atoms with Crippen molar-refractivity contribution >= 4 is 17.8 Å². The summed E-state index contributed by atoms with van der Waals surface area (Å²) < 4.78 is 5.92. The molecule has 1 heterocycles. The van der Waals surface area contributed by atoms with Gasteiger partial charge in [-0.1, -0.05) is 53.0 Å². The number of phenols is 2. The SMILES string of the molecule is CC(CC1CCC(C)(C)C1(C)C)OC(=O)C1CC(O)CN1C(=O)C(NC(=O)Cc1ccc(O)c(O)c1)C1CCCCC1. The highest BCUT2D eigenvalue weighted by molar-refractivity contribution is 5.92. The first-order valence-corrected chi connectivity index (χ1v) is 15.7. The molecule has 9 heteroatoms. The van der Waals surface area contributed by atoms with Crippen LogP contribution in [0.3, 0.4) is 0 Å². The predicted octanol–water partition coefficient (Wildman–Crippen LogP) is 4.45. The van der Waals surface area contributed by atoms with Crippen LogP contribution in [0.1, 0.15) is 98.0 Å². The summed E-state index contributed by atoms with van der Waals surface area (Å²) in [5.41, 5.74) is 0.823. The predicted molar refractivity (Wildman–Crippen MR) is 159 cm³/mol. The van der Waals surface area contributed by atoms with Crippen molar-refractivity contribution in [1.29, 1.82) is 0 Å². The van der Waals surface area contributed by atoms with Crippen molar-refractivity contribution in [1.82, 2.24) is 10.2 Å². The van der Waals surface area contributed by atoms with E-state index in [0.29, 0.717) is 11.5 Å². The molecule has 0 aromatic heterocycles. The quantitative estimate of drug-likeness (QED) is 0.248. The normalized spacial score (nSPS) is 26.9. The number of phenolic OH excluding ortho intramolecular Hbond substituents is 2. The summed E-state index contributed by atoms with van der Waals surface area (Å²) >= 11 is 0. The molecule has 0 bridgehead atoms. The highest BCUT2D eigenvalue weighted by Crippen LogP contribution is 2.57. The van der Waals surface area contributed by atoms with E-state index in [1.807, 2.05) is 6.92 Å². The van der Waals surface area contributed by atoms with E-state index >= 15 is 0 Å². The first kappa shape index (κ1) is 32.1. The van der Waals surface area contributed by atoms with Crippen LogP contribution in [0.15, 0.2) is 18.2 Å². The van der Waals surface area contributed by atoms with E-state index in [2.05, 4.69) is 33.0 Å². The standard InChI is InChI=1S/C33H50N2O7/c1-20(15-23-13-14-32(2,3)33(23,4)5)42-31(41)25-18-24(36)19-35(25)30(40)29(22-9-7-6-8-10-22)34-28(39)17-21-11-12-26(37)27(38)16-21/h11-12,16,20,22-25,29,36-38H,6-10,13-15,17-19H2,1-5H3,(H,34,39). The number of nitrogens with zero attached hydrogens (tertiary/aromatic N) is 1. The summed E-state index contributed by atoms with van der Waals surface area (Å²) in [7, 11) is 0. The number of esters is 1. The maximum absolute atomic E-state index is 14.0. The highest BCUT2D eigenvalue weighted by atomic mass is 16.5. The summed E-state index contributed by atoms with van der Waals surface area (Å²) in [5.74, 6) is -1.51. The molecule has 4 N–H and O–H groups in total. The molecule has 42 heavy (non-hydrogen) atoms. The van der Waals surface area contributed by atoms with Crippen LogP contribution in [0.2, 0.25) is 0 Å². The van der Waals surface area contributed by atoms with Gasteiger partial charge in [0.25, 0.3) is 0 Å². The zero-order chi connectivity index (χ0) is 30.8. The third-order valence-electron chi connectivity index (χ3n) is 10.8. The number of aliphatic hydroxyl groups is 1. The van der Waals surface area contributed by atoms with Crippen LogP contribution in [0.4, 0.5) is 0 Å². The Hall–Kier alpha value is -2.81. The number of carbonyl (C=O) groups excluding carboxylic acids is 3. The fourth-order valence-electron chi connectivity index (χ4n) is 7.31. The third-order valence-corrected chi connectivity index (χ3v) is 10.8. The van der Waals surface area contributed by atoms with Gasteiger partial charge in [-0.05, 0) is 79.4 Å². The second-order valence-corrected chi connectivity index (χ2v) is 14.2. The van der Waals surface area contributed by atoms with Gasteiger partial charge < -0.3 is 30.3 Å². The number of benzene rings is 1. The van der Waals surface area contributed by atoms with Gasteiger partial charge in [0.15, 0.2) is 11.5 Å². The van der Waals surface area contributed by atoms with E-state index in [-0.39, 0.29) is 59.6 Å². The topological polar surface area (TPSA) is 136 Å². The number of ether oxygens (including phenoxy) is 1. The fraction of sp³-hybridized carbons (Fsp3) is 0.727. The van der Waals surface area contributed by atoms with Crippen LogP contribution < -0.4 is 5.32 Å². The summed E-state index contributed by atoms with van der Waals surface area (Å²) in [4.78, 5) is 42.0. The van der Waals surface area contributed by atoms with Gasteiger partial charge in [-0.15, -0.1) is 0 Å². The Morgan fingerprint density at radius 3 is 2.36 bits per heavy atom. The van der Waals surface area contributed by atoms with Gasteiger partial charge in [0.05, 0.1) is 18.6 Å². The number of carbonyl (C=O) groups is 3. The molecule has 234 valence electrons. The van der Waals surface area contributed by atoms with Crippen molar-refractivity contribution in [3.63, 3.8) is 0 Å². The van der Waals surface area contributed by atoms with Crippen LogP contribution in [-0.4, -0.2) is 68.8 Å². The molecule has 4 rings (SSSR count). The molecule has 3 aliphatic rings. The van der Waals surface area contributed by atoms with Gasteiger partial charge in [-0.25, -0.2) is 4.79 Å². The number of nitrogens with one attached hydrogen (secondary N) is 1. The van der Waals surface area contributed by atoms with Crippen molar-refractivity contribution in [2.24, 2.45) is 22.7 Å². The van der Waals surface area contributed by atoms with Gasteiger partial charge in [0.2, 0.25) is 11.8 Å². The average Bonchev–Trinajstić information content (AvgIpc) is 3.41. The van der Waals surface area contributed by atoms with Crippen molar-refractivity contribution in [2.45, 2.75) is 123 Å². The lowest BCUT2D eigenvalue weighted by atomic mass is 9.66. The minimum Gasteiger partial charge on any atom is -0.504 e. The maximum Gasteiger partial charge on any atom is 0.329 e. The van der Waals surface area contributed by atoms with Crippen molar-refractivity contribution in [3.8, 4) is 11.5 Å². The van der Waals surface area contributed by atoms with Gasteiger partial charge in [-0.2, -0.15) is 0 Å². The van der Waals surface area contributed by atoms with Crippen LogP contribution in [0.25, 0.3) is 0 Å². The first-order chi connectivity index (χ1) is 19.7. The lowest BCUT2D eigenvalue weighted by Gasteiger charge is -2.40. The number of rotatable bonds is 9. The Balaban J connectivity index is 1.44. The molecule has 1 saturated heterocycles. The number of aromatic hydroxyl groups is 2. The minimum absolute atomic E-state index is 0.0156. The van der Waals surface area contributed by atoms with E-state index < -0.39 is 30.1 Å². The Morgan fingerprint density at radius 2 is 1.74 bits per heavy atom. The van der Waals surface area contributed by atoms with Crippen molar-refractivity contribution in [2.75, 3.05) is 6.54 Å². The molecule has 1 aliphatic heterocycles. The van der Waals surface area contributed by atoms with Crippen LogP contribution in [-0.2, 0) is 25.5 Å². The molecule has 2 saturated carbocycles. The number of hydrogen-bond acceptors (Lipinski definition) is 7. The largest absolute Gasteiger partial charge is 0.504 e. The Kier molecular flexibility index (Phi) is 9.80. The first-order valence-electron chi connectivity index (χ1n) is 15.7. The number of amides is 2. The molecule has 0 spiro atoms. The Morgan fingerprint density at radius 1 is 1.05 bits per heavy atom. The van der Waals surface area contributed by atoms with Gasteiger partial charge in [-0.3, -0.25) is 9.59 Å². The lowest BCUT2D eigenvalue weighted by molar-refractivity contribution is -0.159. The molecule has 5 atom stereocenters. The van der Waals surface area contributed by atoms with E-state index in [4.69, 9.17) is 4.74 Å². The molecule has 1 aromatic rings. The van der Waals surface area contributed by atoms with Gasteiger partial charge in [0.1, 0.15) is 12.1 Å². The van der Waals surface area contributed by atoms with Gasteiger partial charge >= 0.3 is 5.97 Å². The molecular formula is C33H50N2O7. The summed E-state index contributed by atoms with van der Waals surface area (Å²) in [5, 5.41) is 32.9. The van der Waals surface area contributed by atoms with E-state index in [1.54, 1.807) is 6.07 Å². The summed E-state index contributed by atoms with van der Waals surface area (Å²) in [6, 6.07) is 2.45. The number of likely N-dealkylation sites (tertiary alicyclic amines) is 1. The molecule has 9 nitrogen and oxygen atoms in total. The second-order valence-electron chi connectivity index (χ2n) is 14.2. The van der Waals surface area contributed by atoms with E-state index in [9.17, 15) is 29.7 Å². The lowest BCUT2D eigenvalue weighted by Crippen LogP contribution is -2.55. The van der Waals surface area contributed by atoms with Crippen LogP contribution >= 0.6 is 0 Å². The average molecular weight is 587 g/mol. The molecule has 0 radical (unpaired) electrons. The second kappa shape index (κ2) is 12.8. The van der Waals surface area contributed by atoms with E-state index in [1.165, 1.54) is 17.0 Å². The molecule has 2 amide bonds. The summed E-state index contributed by atoms with van der Waals surface area (Å²) in [6.07, 6.45) is 6.38. The Labute approximate surface area is 250 Å². The molecule has 5 unspecified atom stereocenters. The van der Waals surface area contributed by atoms with Gasteiger partial charge in [0, 0.05) is 13.0 Å². The fourth-order valence-corrected chi connectivity index (χ4v) is 7.31. The smallest absolute Gasteiger partial charge is 0.329 e. The zero-order valence-corrected chi connectivity index (χ0v) is 25.9. The number of hydrogen-bond donors (Lipinski definition) is 4. The maximum atomic E-state index is 14.0.